The van der Waals surface area contributed by atoms with E-state index in [2.05, 4.69) is 0 Å². The maximum absolute atomic E-state index is 12.7. The summed E-state index contributed by atoms with van der Waals surface area (Å²) >= 11 is 1.99. The van der Waals surface area contributed by atoms with Crippen molar-refractivity contribution >= 4 is 22.6 Å². The number of hydrogen-bond acceptors (Lipinski definition) is 0. The highest BCUT2D eigenvalue weighted by Gasteiger charge is 2.36. The largest absolute Gasteiger partial charge is 0.416 e. The maximum atomic E-state index is 12.7. The third-order valence-corrected chi connectivity index (χ3v) is 3.48. The van der Waals surface area contributed by atoms with Gasteiger partial charge in [0.05, 0.1) is 11.1 Å². The molecule has 0 nitrogen and oxygen atoms in total. The van der Waals surface area contributed by atoms with E-state index in [4.69, 9.17) is 0 Å². The second kappa shape index (κ2) is 5.51. The zero-order valence-corrected chi connectivity index (χ0v) is 12.3. The highest BCUT2D eigenvalue weighted by molar-refractivity contribution is 14.1. The van der Waals surface area contributed by atoms with Gasteiger partial charge in [-0.25, -0.2) is 0 Å². The Balaban J connectivity index is 2.63. The Morgan fingerprint density at radius 1 is 0.619 bits per heavy atom. The van der Waals surface area contributed by atoms with Crippen LogP contribution in [0.5, 0.6) is 0 Å². The van der Waals surface area contributed by atoms with Crippen LogP contribution < -0.4 is 0 Å². The third kappa shape index (κ3) is 3.90. The number of alkyl halides is 6. The van der Waals surface area contributed by atoms with E-state index in [1.807, 2.05) is 22.6 Å². The van der Waals surface area contributed by atoms with Gasteiger partial charge >= 0.3 is 12.4 Å². The highest BCUT2D eigenvalue weighted by atomic mass is 127. The molecule has 0 spiro atoms. The molecule has 0 aliphatic carbocycles. The van der Waals surface area contributed by atoms with Gasteiger partial charge in [-0.3, -0.25) is 0 Å². The van der Waals surface area contributed by atoms with Crippen LogP contribution in [0, 0.1) is 3.57 Å². The summed E-state index contributed by atoms with van der Waals surface area (Å²) < 4.78 is 77.3. The summed E-state index contributed by atoms with van der Waals surface area (Å²) in [6, 6.07) is 7.76. The molecule has 0 radical (unpaired) electrons. The molecule has 2 rings (SSSR count). The Morgan fingerprint density at radius 2 is 1.05 bits per heavy atom. The molecular weight excluding hydrogens is 409 g/mol. The summed E-state index contributed by atoms with van der Waals surface area (Å²) in [6.07, 6.45) is -9.67. The van der Waals surface area contributed by atoms with Crippen molar-refractivity contribution in [1.29, 1.82) is 0 Å². The van der Waals surface area contributed by atoms with Crippen LogP contribution in [0.2, 0.25) is 0 Å². The van der Waals surface area contributed by atoms with Gasteiger partial charge in [0.2, 0.25) is 0 Å². The molecule has 0 bridgehead atoms. The smallest absolute Gasteiger partial charge is 0.166 e. The average molecular weight is 416 g/mol. The predicted octanol–water partition coefficient (Wildman–Crippen LogP) is 6.00. The minimum Gasteiger partial charge on any atom is -0.166 e. The van der Waals surface area contributed by atoms with Crippen LogP contribution >= 0.6 is 22.6 Å². The average Bonchev–Trinajstić information content (AvgIpc) is 2.37. The molecule has 0 saturated heterocycles. The van der Waals surface area contributed by atoms with Gasteiger partial charge < -0.3 is 0 Å². The molecular formula is C14H7F6I. The lowest BCUT2D eigenvalue weighted by atomic mass is 9.99. The van der Waals surface area contributed by atoms with E-state index in [9.17, 15) is 26.3 Å². The Hall–Kier alpha value is -1.25. The Kier molecular flexibility index (Phi) is 4.23. The van der Waals surface area contributed by atoms with Crippen molar-refractivity contribution in [2.45, 2.75) is 12.4 Å². The van der Waals surface area contributed by atoms with Gasteiger partial charge in [0, 0.05) is 3.57 Å². The highest BCUT2D eigenvalue weighted by Crippen LogP contribution is 2.38. The molecule has 2 aromatic rings. The lowest BCUT2D eigenvalue weighted by Gasteiger charge is -2.14. The minimum absolute atomic E-state index is 0.117. The molecule has 0 amide bonds. The first-order chi connectivity index (χ1) is 9.57. The van der Waals surface area contributed by atoms with Crippen molar-refractivity contribution in [2.75, 3.05) is 0 Å². The van der Waals surface area contributed by atoms with E-state index < -0.39 is 23.5 Å². The SMILES string of the molecule is FC(F)(F)c1cc(-c2ccc(I)cc2)cc(C(F)(F)F)c1. The normalized spacial score (nSPS) is 12.5. The molecule has 0 fully saturated rings. The van der Waals surface area contributed by atoms with Crippen molar-refractivity contribution in [2.24, 2.45) is 0 Å². The quantitative estimate of drug-likeness (QED) is 0.396. The first kappa shape index (κ1) is 16.1. The summed E-state index contributed by atoms with van der Waals surface area (Å²) in [6.45, 7) is 0. The topological polar surface area (TPSA) is 0 Å². The van der Waals surface area contributed by atoms with Gasteiger partial charge in [0.15, 0.2) is 0 Å². The molecule has 112 valence electrons. The summed E-state index contributed by atoms with van der Waals surface area (Å²) in [5.41, 5.74) is -2.45. The second-order valence-corrected chi connectivity index (χ2v) is 5.55. The molecule has 21 heavy (non-hydrogen) atoms. The van der Waals surface area contributed by atoms with Crippen LogP contribution in [0.3, 0.4) is 0 Å². The Bertz CT molecular complexity index is 608. The predicted molar refractivity (Wildman–Crippen MR) is 74.6 cm³/mol. The summed E-state index contributed by atoms with van der Waals surface area (Å²) in [5.74, 6) is 0. The van der Waals surface area contributed by atoms with E-state index >= 15 is 0 Å². The molecule has 0 aliphatic heterocycles. The van der Waals surface area contributed by atoms with Gasteiger partial charge in [-0.2, -0.15) is 26.3 Å². The van der Waals surface area contributed by atoms with Crippen LogP contribution in [0.15, 0.2) is 42.5 Å². The van der Waals surface area contributed by atoms with E-state index in [1.54, 1.807) is 12.1 Å². The lowest BCUT2D eigenvalue weighted by Crippen LogP contribution is -2.11. The van der Waals surface area contributed by atoms with E-state index in [1.165, 1.54) is 12.1 Å². The first-order valence-electron chi connectivity index (χ1n) is 5.63. The molecule has 0 N–H and O–H groups in total. The van der Waals surface area contributed by atoms with Gasteiger partial charge in [-0.05, 0) is 64.0 Å². The number of halogens is 7. The van der Waals surface area contributed by atoms with Crippen LogP contribution in [0.1, 0.15) is 11.1 Å². The van der Waals surface area contributed by atoms with Crippen LogP contribution in [-0.2, 0) is 12.4 Å². The minimum atomic E-state index is -4.83. The molecule has 2 aromatic carbocycles. The molecule has 0 unspecified atom stereocenters. The van der Waals surface area contributed by atoms with Crippen molar-refractivity contribution < 1.29 is 26.3 Å². The van der Waals surface area contributed by atoms with Crippen LogP contribution in [0.25, 0.3) is 11.1 Å². The second-order valence-electron chi connectivity index (χ2n) is 4.30. The number of rotatable bonds is 1. The standard InChI is InChI=1S/C14H7F6I/c15-13(16,17)10-5-9(6-11(7-10)14(18,19)20)8-1-3-12(21)4-2-8/h1-7H. The molecule has 0 aromatic heterocycles. The van der Waals surface area contributed by atoms with Crippen molar-refractivity contribution in [3.8, 4) is 11.1 Å². The van der Waals surface area contributed by atoms with Crippen LogP contribution in [0.4, 0.5) is 26.3 Å². The Labute approximate surface area is 129 Å². The monoisotopic (exact) mass is 416 g/mol. The molecule has 0 aliphatic rings. The number of hydrogen-bond donors (Lipinski definition) is 0. The van der Waals surface area contributed by atoms with E-state index in [0.29, 0.717) is 5.56 Å². The molecule has 0 atom stereocenters. The zero-order chi connectivity index (χ0) is 15.8. The zero-order valence-electron chi connectivity index (χ0n) is 10.2. The first-order valence-corrected chi connectivity index (χ1v) is 6.71. The number of benzene rings is 2. The van der Waals surface area contributed by atoms with Gasteiger partial charge in [-0.15, -0.1) is 0 Å². The van der Waals surface area contributed by atoms with E-state index in [0.717, 1.165) is 15.7 Å². The fraction of sp³-hybridized carbons (Fsp3) is 0.143. The summed E-state index contributed by atoms with van der Waals surface area (Å²) in [7, 11) is 0. The lowest BCUT2D eigenvalue weighted by molar-refractivity contribution is -0.143. The maximum Gasteiger partial charge on any atom is 0.416 e. The third-order valence-electron chi connectivity index (χ3n) is 2.77. The molecule has 0 saturated carbocycles. The molecule has 0 heterocycles. The van der Waals surface area contributed by atoms with E-state index in [-0.39, 0.29) is 11.6 Å². The van der Waals surface area contributed by atoms with Crippen molar-refractivity contribution in [3.63, 3.8) is 0 Å². The van der Waals surface area contributed by atoms with Crippen molar-refractivity contribution in [3.05, 3.63) is 57.2 Å². The van der Waals surface area contributed by atoms with Gasteiger partial charge in [0.25, 0.3) is 0 Å². The van der Waals surface area contributed by atoms with Crippen molar-refractivity contribution in [1.82, 2.24) is 0 Å². The van der Waals surface area contributed by atoms with Gasteiger partial charge in [0.1, 0.15) is 0 Å². The fourth-order valence-corrected chi connectivity index (χ4v) is 2.12. The van der Waals surface area contributed by atoms with Crippen LogP contribution in [-0.4, -0.2) is 0 Å². The Morgan fingerprint density at radius 3 is 1.43 bits per heavy atom. The fourth-order valence-electron chi connectivity index (χ4n) is 1.76. The van der Waals surface area contributed by atoms with Gasteiger partial charge in [-0.1, -0.05) is 12.1 Å². The summed E-state index contributed by atoms with van der Waals surface area (Å²) in [5, 5.41) is 0. The summed E-state index contributed by atoms with van der Waals surface area (Å²) in [4.78, 5) is 0. The molecule has 7 heteroatoms.